The summed E-state index contributed by atoms with van der Waals surface area (Å²) >= 11 is 4.64. The molecule has 0 radical (unpaired) electrons. The summed E-state index contributed by atoms with van der Waals surface area (Å²) in [6.45, 7) is 1.62. The number of nitrogens with two attached hydrogens (primary N) is 1. The number of benzene rings is 1. The number of oxime groups is 1. The highest BCUT2D eigenvalue weighted by Crippen LogP contribution is 2.31. The van der Waals surface area contributed by atoms with Crippen molar-refractivity contribution in [3.05, 3.63) is 29.8 Å². The van der Waals surface area contributed by atoms with Crippen LogP contribution < -0.4 is 10.5 Å². The largest absolute Gasteiger partial charge is 0.490 e. The van der Waals surface area contributed by atoms with Gasteiger partial charge < -0.3 is 15.7 Å². The molecule has 0 unspecified atom stereocenters. The van der Waals surface area contributed by atoms with Crippen molar-refractivity contribution in [3.8, 4) is 5.75 Å². The molecule has 1 fully saturated rings. The van der Waals surface area contributed by atoms with Crippen molar-refractivity contribution in [3.63, 3.8) is 0 Å². The van der Waals surface area contributed by atoms with Crippen molar-refractivity contribution < 1.29 is 14.7 Å². The van der Waals surface area contributed by atoms with Gasteiger partial charge in [0, 0.05) is 17.9 Å². The SMILES string of the molecule is CC(=O)C1CC(Oc2ccc(/C(N)=N/O)cc2)C1.CCl. The zero-order valence-corrected chi connectivity index (χ0v) is 12.3. The minimum atomic E-state index is 0.0711. The molecule has 0 heterocycles. The van der Waals surface area contributed by atoms with Crippen molar-refractivity contribution in [1.82, 2.24) is 0 Å². The van der Waals surface area contributed by atoms with Gasteiger partial charge in [0.25, 0.3) is 0 Å². The first-order valence-corrected chi connectivity index (χ1v) is 6.98. The lowest BCUT2D eigenvalue weighted by Crippen LogP contribution is -2.37. The van der Waals surface area contributed by atoms with E-state index in [0.717, 1.165) is 18.6 Å². The van der Waals surface area contributed by atoms with E-state index in [9.17, 15) is 4.79 Å². The number of hydrogen-bond acceptors (Lipinski definition) is 4. The normalized spacial score (nSPS) is 21.2. The molecule has 5 nitrogen and oxygen atoms in total. The predicted molar refractivity (Wildman–Crippen MR) is 78.6 cm³/mol. The molecule has 6 heteroatoms. The smallest absolute Gasteiger partial charge is 0.170 e. The van der Waals surface area contributed by atoms with E-state index < -0.39 is 0 Å². The number of alkyl halides is 1. The van der Waals surface area contributed by atoms with Gasteiger partial charge in [0.2, 0.25) is 0 Å². The lowest BCUT2D eigenvalue weighted by molar-refractivity contribution is -0.126. The summed E-state index contributed by atoms with van der Waals surface area (Å²) in [5.41, 5.74) is 6.10. The van der Waals surface area contributed by atoms with Crippen LogP contribution in [0.2, 0.25) is 0 Å². The maximum Gasteiger partial charge on any atom is 0.170 e. The highest BCUT2D eigenvalue weighted by atomic mass is 35.5. The molecule has 0 amide bonds. The lowest BCUT2D eigenvalue weighted by Gasteiger charge is -2.33. The fraction of sp³-hybridized carbons (Fsp3) is 0.429. The second-order valence-corrected chi connectivity index (χ2v) is 4.53. The van der Waals surface area contributed by atoms with Gasteiger partial charge in [-0.3, -0.25) is 4.79 Å². The Hall–Kier alpha value is -1.75. The van der Waals surface area contributed by atoms with E-state index in [1.807, 2.05) is 0 Å². The first-order chi connectivity index (χ1) is 9.60. The standard InChI is InChI=1S/C13H16N2O3.CH3Cl/c1-8(16)10-6-12(7-10)18-11-4-2-9(3-5-11)13(14)15-17;1-2/h2-5,10,12,17H,6-7H2,1H3,(H2,14,15);1H3. The van der Waals surface area contributed by atoms with E-state index >= 15 is 0 Å². The molecule has 1 aromatic carbocycles. The third-order valence-corrected chi connectivity index (χ3v) is 3.23. The van der Waals surface area contributed by atoms with E-state index in [0.29, 0.717) is 5.56 Å². The van der Waals surface area contributed by atoms with E-state index in [-0.39, 0.29) is 23.6 Å². The number of ketones is 1. The minimum absolute atomic E-state index is 0.0711. The van der Waals surface area contributed by atoms with Gasteiger partial charge in [0.15, 0.2) is 5.84 Å². The molecule has 3 N–H and O–H groups in total. The van der Waals surface area contributed by atoms with Crippen molar-refractivity contribution in [1.29, 1.82) is 0 Å². The second-order valence-electron chi connectivity index (χ2n) is 4.53. The van der Waals surface area contributed by atoms with E-state index in [4.69, 9.17) is 15.7 Å². The topological polar surface area (TPSA) is 84.9 Å². The number of amidine groups is 1. The number of carbonyl (C=O) groups excluding carboxylic acids is 1. The van der Waals surface area contributed by atoms with Crippen LogP contribution in [0.25, 0.3) is 0 Å². The van der Waals surface area contributed by atoms with Crippen molar-refractivity contribution in [2.75, 3.05) is 6.38 Å². The van der Waals surface area contributed by atoms with Gasteiger partial charge in [-0.05, 0) is 44.0 Å². The number of carbonyl (C=O) groups is 1. The first kappa shape index (κ1) is 16.3. The van der Waals surface area contributed by atoms with Crippen molar-refractivity contribution >= 4 is 23.2 Å². The molecule has 0 aliphatic heterocycles. The summed E-state index contributed by atoms with van der Waals surface area (Å²) in [6, 6.07) is 7.00. The molecule has 0 spiro atoms. The number of hydrogen-bond donors (Lipinski definition) is 2. The third-order valence-electron chi connectivity index (χ3n) is 3.23. The quantitative estimate of drug-likeness (QED) is 0.294. The van der Waals surface area contributed by atoms with Crippen molar-refractivity contribution in [2.24, 2.45) is 16.8 Å². The fourth-order valence-corrected chi connectivity index (χ4v) is 1.95. The molecule has 1 saturated carbocycles. The number of nitrogens with zero attached hydrogens (tertiary/aromatic N) is 1. The monoisotopic (exact) mass is 298 g/mol. The predicted octanol–water partition coefficient (Wildman–Crippen LogP) is 2.38. The molecule has 1 aliphatic rings. The molecule has 0 saturated heterocycles. The molecular formula is C14H19ClN2O3. The van der Waals surface area contributed by atoms with Crippen LogP contribution in [0.15, 0.2) is 29.4 Å². The number of Topliss-reactive ketones (excluding diaryl/α,β-unsaturated/α-hetero) is 1. The summed E-state index contributed by atoms with van der Waals surface area (Å²) in [5, 5.41) is 11.5. The molecule has 0 aromatic heterocycles. The Morgan fingerprint density at radius 1 is 1.35 bits per heavy atom. The Bertz CT molecular complexity index is 468. The Balaban J connectivity index is 0.000000956. The molecule has 2 rings (SSSR count). The summed E-state index contributed by atoms with van der Waals surface area (Å²) in [4.78, 5) is 11.1. The van der Waals surface area contributed by atoms with Crippen LogP contribution >= 0.6 is 11.6 Å². The zero-order valence-electron chi connectivity index (χ0n) is 11.5. The van der Waals surface area contributed by atoms with Crippen LogP contribution in [-0.2, 0) is 4.79 Å². The highest BCUT2D eigenvalue weighted by molar-refractivity contribution is 6.15. The molecular weight excluding hydrogens is 280 g/mol. The maximum absolute atomic E-state index is 11.1. The second kappa shape index (κ2) is 7.75. The summed E-state index contributed by atoms with van der Waals surface area (Å²) in [7, 11) is 0. The number of ether oxygens (including phenoxy) is 1. The van der Waals surface area contributed by atoms with Crippen LogP contribution in [-0.4, -0.2) is 29.3 Å². The highest BCUT2D eigenvalue weighted by Gasteiger charge is 2.33. The average Bonchev–Trinajstić information content (AvgIpc) is 2.44. The molecule has 20 heavy (non-hydrogen) atoms. The Morgan fingerprint density at radius 3 is 2.35 bits per heavy atom. The Labute approximate surface area is 123 Å². The minimum Gasteiger partial charge on any atom is -0.490 e. The molecule has 1 aromatic rings. The van der Waals surface area contributed by atoms with Gasteiger partial charge >= 0.3 is 0 Å². The Morgan fingerprint density at radius 2 is 1.90 bits per heavy atom. The van der Waals surface area contributed by atoms with Crippen LogP contribution in [0.3, 0.4) is 0 Å². The van der Waals surface area contributed by atoms with Crippen LogP contribution in [0.1, 0.15) is 25.3 Å². The van der Waals surface area contributed by atoms with Crippen LogP contribution in [0.5, 0.6) is 5.75 Å². The van der Waals surface area contributed by atoms with Gasteiger partial charge in [-0.15, -0.1) is 11.6 Å². The molecule has 0 bridgehead atoms. The number of rotatable bonds is 4. The van der Waals surface area contributed by atoms with E-state index in [2.05, 4.69) is 16.8 Å². The van der Waals surface area contributed by atoms with Gasteiger partial charge in [0.05, 0.1) is 0 Å². The van der Waals surface area contributed by atoms with Crippen LogP contribution in [0, 0.1) is 5.92 Å². The van der Waals surface area contributed by atoms with Crippen molar-refractivity contribution in [2.45, 2.75) is 25.9 Å². The molecule has 1 aliphatic carbocycles. The van der Waals surface area contributed by atoms with Gasteiger partial charge in [0.1, 0.15) is 17.6 Å². The zero-order chi connectivity index (χ0) is 15.1. The molecule has 110 valence electrons. The number of halogens is 1. The van der Waals surface area contributed by atoms with E-state index in [1.54, 1.807) is 31.2 Å². The summed E-state index contributed by atoms with van der Waals surface area (Å²) in [6.07, 6.45) is 3.17. The van der Waals surface area contributed by atoms with E-state index in [1.165, 1.54) is 6.38 Å². The lowest BCUT2D eigenvalue weighted by atomic mass is 9.80. The molecule has 0 atom stereocenters. The summed E-state index contributed by atoms with van der Waals surface area (Å²) < 4.78 is 5.70. The first-order valence-electron chi connectivity index (χ1n) is 6.23. The Kier molecular flexibility index (Phi) is 6.31. The average molecular weight is 299 g/mol. The van der Waals surface area contributed by atoms with Gasteiger partial charge in [-0.2, -0.15) is 0 Å². The third kappa shape index (κ3) is 4.13. The maximum atomic E-state index is 11.1. The van der Waals surface area contributed by atoms with Gasteiger partial charge in [-0.25, -0.2) is 0 Å². The van der Waals surface area contributed by atoms with Gasteiger partial charge in [-0.1, -0.05) is 5.16 Å². The fourth-order valence-electron chi connectivity index (χ4n) is 1.95. The summed E-state index contributed by atoms with van der Waals surface area (Å²) in [5.74, 6) is 1.20. The van der Waals surface area contributed by atoms with Crippen LogP contribution in [0.4, 0.5) is 0 Å².